The number of amides is 1. The van der Waals surface area contributed by atoms with Crippen LogP contribution in [0.5, 0.6) is 5.75 Å². The summed E-state index contributed by atoms with van der Waals surface area (Å²) in [4.78, 5) is 11.9. The molecule has 0 aliphatic carbocycles. The highest BCUT2D eigenvalue weighted by atomic mass is 79.9. The highest BCUT2D eigenvalue weighted by molar-refractivity contribution is 9.10. The smallest absolute Gasteiger partial charge is 0.264 e. The van der Waals surface area contributed by atoms with Crippen molar-refractivity contribution >= 4 is 50.1 Å². The van der Waals surface area contributed by atoms with Crippen LogP contribution in [0, 0.1) is 0 Å². The molecule has 0 aliphatic rings. The maximum atomic E-state index is 11.9. The molecule has 0 radical (unpaired) electrons. The number of nitrogens with one attached hydrogen (secondary N) is 1. The molecule has 0 atom stereocenters. The number of carbonyl (C=O) groups is 1. The van der Waals surface area contributed by atoms with Crippen LogP contribution in [0.3, 0.4) is 0 Å². The molecule has 1 aromatic carbocycles. The summed E-state index contributed by atoms with van der Waals surface area (Å²) in [5.74, 6) is 1.32. The number of ether oxygens (including phenoxy) is 1. The summed E-state index contributed by atoms with van der Waals surface area (Å²) in [6.07, 6.45) is 0.953. The molecule has 1 aromatic heterocycles. The van der Waals surface area contributed by atoms with Crippen LogP contribution in [-0.2, 0) is 11.2 Å². The Labute approximate surface area is 146 Å². The zero-order valence-corrected chi connectivity index (χ0v) is 15.5. The fraction of sp³-hybridized carbons (Fsp3) is 0.357. The van der Waals surface area contributed by atoms with Crippen LogP contribution in [0.1, 0.15) is 19.4 Å². The molecule has 8 heteroatoms. The van der Waals surface area contributed by atoms with Crippen LogP contribution < -0.4 is 10.1 Å². The van der Waals surface area contributed by atoms with Crippen molar-refractivity contribution in [1.29, 1.82) is 0 Å². The van der Waals surface area contributed by atoms with Crippen molar-refractivity contribution in [1.82, 2.24) is 10.2 Å². The Morgan fingerprint density at radius 3 is 2.91 bits per heavy atom. The van der Waals surface area contributed by atoms with E-state index in [1.165, 1.54) is 16.9 Å². The average molecular weight is 402 g/mol. The molecule has 0 saturated heterocycles. The van der Waals surface area contributed by atoms with Crippen molar-refractivity contribution < 1.29 is 9.53 Å². The standard InChI is InChI=1S/C14H16BrN3O2S2/c1-3-9-5-6-11(10(15)7-9)20-8-12(19)16-13-17-18-14(22-13)21-4-2/h5-7H,3-4,8H2,1-2H3,(H,16,17,19). The number of thioether (sulfide) groups is 1. The molecule has 1 amide bonds. The zero-order chi connectivity index (χ0) is 15.9. The van der Waals surface area contributed by atoms with E-state index >= 15 is 0 Å². The summed E-state index contributed by atoms with van der Waals surface area (Å²) >= 11 is 6.40. The molecule has 0 saturated carbocycles. The molecule has 5 nitrogen and oxygen atoms in total. The van der Waals surface area contributed by atoms with Gasteiger partial charge in [0.1, 0.15) is 5.75 Å². The maximum Gasteiger partial charge on any atom is 0.264 e. The number of aryl methyl sites for hydroxylation is 1. The van der Waals surface area contributed by atoms with Gasteiger partial charge in [-0.3, -0.25) is 10.1 Å². The molecule has 1 heterocycles. The molecule has 118 valence electrons. The predicted octanol–water partition coefficient (Wildman–Crippen LogP) is 3.99. The number of anilines is 1. The van der Waals surface area contributed by atoms with Gasteiger partial charge in [0, 0.05) is 0 Å². The van der Waals surface area contributed by atoms with Crippen molar-refractivity contribution in [3.05, 3.63) is 28.2 Å². The fourth-order valence-corrected chi connectivity index (χ4v) is 3.83. The Bertz CT molecular complexity index is 649. The Kier molecular flexibility index (Phi) is 6.66. The Hall–Kier alpha value is -1.12. The number of rotatable bonds is 7. The van der Waals surface area contributed by atoms with Crippen LogP contribution >= 0.6 is 39.0 Å². The van der Waals surface area contributed by atoms with Crippen LogP contribution in [0.4, 0.5) is 5.13 Å². The summed E-state index contributed by atoms with van der Waals surface area (Å²) in [5, 5.41) is 11.1. The number of aromatic nitrogens is 2. The third kappa shape index (κ3) is 4.96. The Morgan fingerprint density at radius 1 is 1.41 bits per heavy atom. The second kappa shape index (κ2) is 8.50. The molecular formula is C14H16BrN3O2S2. The minimum atomic E-state index is -0.254. The number of hydrogen-bond acceptors (Lipinski definition) is 6. The lowest BCUT2D eigenvalue weighted by atomic mass is 10.2. The van der Waals surface area contributed by atoms with Gasteiger partial charge in [0.25, 0.3) is 5.91 Å². The van der Waals surface area contributed by atoms with Crippen molar-refractivity contribution in [3.63, 3.8) is 0 Å². The van der Waals surface area contributed by atoms with E-state index in [-0.39, 0.29) is 12.5 Å². The van der Waals surface area contributed by atoms with Crippen molar-refractivity contribution in [2.75, 3.05) is 17.7 Å². The lowest BCUT2D eigenvalue weighted by Crippen LogP contribution is -2.20. The summed E-state index contributed by atoms with van der Waals surface area (Å²) in [5.41, 5.74) is 1.21. The first-order chi connectivity index (χ1) is 10.6. The summed E-state index contributed by atoms with van der Waals surface area (Å²) in [6.45, 7) is 4.06. The SMILES string of the molecule is CCSc1nnc(NC(=O)COc2ccc(CC)cc2Br)s1. The second-order valence-electron chi connectivity index (χ2n) is 4.26. The van der Waals surface area contributed by atoms with E-state index in [1.54, 1.807) is 11.8 Å². The number of benzene rings is 1. The van der Waals surface area contributed by atoms with Gasteiger partial charge in [-0.15, -0.1) is 10.2 Å². The Morgan fingerprint density at radius 2 is 2.23 bits per heavy atom. The van der Waals surface area contributed by atoms with Crippen molar-refractivity contribution in [3.8, 4) is 5.75 Å². The number of carbonyl (C=O) groups excluding carboxylic acids is 1. The van der Waals surface area contributed by atoms with E-state index in [9.17, 15) is 4.79 Å². The van der Waals surface area contributed by atoms with Crippen molar-refractivity contribution in [2.24, 2.45) is 0 Å². The largest absolute Gasteiger partial charge is 0.483 e. The number of hydrogen-bond donors (Lipinski definition) is 1. The highest BCUT2D eigenvalue weighted by Crippen LogP contribution is 2.27. The van der Waals surface area contributed by atoms with Gasteiger partial charge in [-0.1, -0.05) is 43.0 Å². The van der Waals surface area contributed by atoms with E-state index in [1.807, 2.05) is 25.1 Å². The predicted molar refractivity (Wildman–Crippen MR) is 94.0 cm³/mol. The number of halogens is 1. The van der Waals surface area contributed by atoms with Crippen molar-refractivity contribution in [2.45, 2.75) is 24.6 Å². The summed E-state index contributed by atoms with van der Waals surface area (Å²) < 4.78 is 7.21. The molecule has 2 rings (SSSR count). The second-order valence-corrected chi connectivity index (χ2v) is 7.60. The van der Waals surface area contributed by atoms with Crippen LogP contribution in [-0.4, -0.2) is 28.5 Å². The third-order valence-corrected chi connectivity index (χ3v) is 5.16. The highest BCUT2D eigenvalue weighted by Gasteiger charge is 2.10. The van der Waals surface area contributed by atoms with Gasteiger partial charge in [-0.25, -0.2) is 0 Å². The average Bonchev–Trinajstić information content (AvgIpc) is 2.93. The quantitative estimate of drug-likeness (QED) is 0.561. The van der Waals surface area contributed by atoms with E-state index in [0.29, 0.717) is 10.9 Å². The van der Waals surface area contributed by atoms with Gasteiger partial charge in [0.15, 0.2) is 10.9 Å². The molecule has 0 bridgehead atoms. The van der Waals surface area contributed by atoms with Gasteiger partial charge in [-0.05, 0) is 45.8 Å². The molecule has 0 aliphatic heterocycles. The minimum absolute atomic E-state index is 0.0695. The van der Waals surface area contributed by atoms with Crippen LogP contribution in [0.2, 0.25) is 0 Å². The fourth-order valence-electron chi connectivity index (χ4n) is 1.62. The normalized spacial score (nSPS) is 10.5. The van der Waals surface area contributed by atoms with E-state index < -0.39 is 0 Å². The van der Waals surface area contributed by atoms with Gasteiger partial charge in [0.2, 0.25) is 5.13 Å². The van der Waals surface area contributed by atoms with Gasteiger partial charge < -0.3 is 4.74 Å². The molecular weight excluding hydrogens is 386 g/mol. The molecule has 0 spiro atoms. The van der Waals surface area contributed by atoms with Crippen LogP contribution in [0.15, 0.2) is 27.0 Å². The van der Waals surface area contributed by atoms with E-state index in [0.717, 1.165) is 21.0 Å². The number of nitrogens with zero attached hydrogens (tertiary/aromatic N) is 2. The zero-order valence-electron chi connectivity index (χ0n) is 12.3. The molecule has 22 heavy (non-hydrogen) atoms. The maximum absolute atomic E-state index is 11.9. The lowest BCUT2D eigenvalue weighted by molar-refractivity contribution is -0.118. The molecule has 0 fully saturated rings. The third-order valence-electron chi connectivity index (χ3n) is 2.68. The van der Waals surface area contributed by atoms with Gasteiger partial charge in [-0.2, -0.15) is 0 Å². The topological polar surface area (TPSA) is 64.1 Å². The minimum Gasteiger partial charge on any atom is -0.483 e. The Balaban J connectivity index is 1.87. The molecule has 2 aromatic rings. The summed E-state index contributed by atoms with van der Waals surface area (Å²) in [7, 11) is 0. The first-order valence-electron chi connectivity index (χ1n) is 6.79. The van der Waals surface area contributed by atoms with E-state index in [4.69, 9.17) is 4.74 Å². The van der Waals surface area contributed by atoms with Crippen LogP contribution in [0.25, 0.3) is 0 Å². The lowest BCUT2D eigenvalue weighted by Gasteiger charge is -2.08. The first kappa shape index (κ1) is 17.2. The molecule has 1 N–H and O–H groups in total. The first-order valence-corrected chi connectivity index (χ1v) is 9.39. The monoisotopic (exact) mass is 401 g/mol. The van der Waals surface area contributed by atoms with E-state index in [2.05, 4.69) is 38.4 Å². The summed E-state index contributed by atoms with van der Waals surface area (Å²) in [6, 6.07) is 5.83. The van der Waals surface area contributed by atoms with Gasteiger partial charge >= 0.3 is 0 Å². The van der Waals surface area contributed by atoms with Gasteiger partial charge in [0.05, 0.1) is 4.47 Å². The molecule has 0 unspecified atom stereocenters.